The predicted octanol–water partition coefficient (Wildman–Crippen LogP) is 3.31. The van der Waals surface area contributed by atoms with Gasteiger partial charge < -0.3 is 15.3 Å². The molecule has 0 radical (unpaired) electrons. The normalized spacial score (nSPS) is 16.6. The first-order chi connectivity index (χ1) is 13.0. The molecule has 1 atom stereocenters. The van der Waals surface area contributed by atoms with Crippen LogP contribution in [0.1, 0.15) is 28.8 Å². The maximum atomic E-state index is 12.9. The predicted molar refractivity (Wildman–Crippen MR) is 105 cm³/mol. The highest BCUT2D eigenvalue weighted by Gasteiger charge is 2.33. The van der Waals surface area contributed by atoms with Gasteiger partial charge in [0.1, 0.15) is 23.0 Å². The van der Waals surface area contributed by atoms with E-state index in [0.717, 1.165) is 35.4 Å². The van der Waals surface area contributed by atoms with Crippen LogP contribution in [0.5, 0.6) is 0 Å². The van der Waals surface area contributed by atoms with E-state index in [1.807, 2.05) is 16.3 Å². The molecule has 1 amide bonds. The summed E-state index contributed by atoms with van der Waals surface area (Å²) < 4.78 is 0. The van der Waals surface area contributed by atoms with Crippen molar-refractivity contribution >= 4 is 44.9 Å². The zero-order valence-electron chi connectivity index (χ0n) is 14.7. The van der Waals surface area contributed by atoms with E-state index in [2.05, 4.69) is 15.3 Å². The van der Waals surface area contributed by atoms with E-state index in [-0.39, 0.29) is 17.5 Å². The number of amides is 1. The van der Waals surface area contributed by atoms with E-state index in [4.69, 9.17) is 5.11 Å². The van der Waals surface area contributed by atoms with Crippen LogP contribution in [-0.4, -0.2) is 39.5 Å². The molecule has 3 heterocycles. The maximum Gasteiger partial charge on any atom is 0.335 e. The second kappa shape index (κ2) is 6.96. The second-order valence-electron chi connectivity index (χ2n) is 6.51. The second-order valence-corrected chi connectivity index (χ2v) is 7.41. The van der Waals surface area contributed by atoms with Crippen molar-refractivity contribution in [2.45, 2.75) is 25.8 Å². The Morgan fingerprint density at radius 1 is 1.30 bits per heavy atom. The van der Waals surface area contributed by atoms with E-state index < -0.39 is 5.97 Å². The van der Waals surface area contributed by atoms with Crippen LogP contribution < -0.4 is 10.2 Å². The summed E-state index contributed by atoms with van der Waals surface area (Å²) in [7, 11) is 0. The molecular formula is C19H18N4O3S. The molecule has 2 N–H and O–H groups in total. The van der Waals surface area contributed by atoms with Crippen LogP contribution in [0.3, 0.4) is 0 Å². The van der Waals surface area contributed by atoms with E-state index in [9.17, 15) is 9.59 Å². The van der Waals surface area contributed by atoms with Crippen molar-refractivity contribution in [2.75, 3.05) is 16.8 Å². The van der Waals surface area contributed by atoms with Crippen LogP contribution >= 0.6 is 11.3 Å². The van der Waals surface area contributed by atoms with Gasteiger partial charge in [-0.05, 0) is 55.0 Å². The fourth-order valence-corrected chi connectivity index (χ4v) is 4.23. The molecule has 1 aromatic carbocycles. The van der Waals surface area contributed by atoms with Crippen LogP contribution in [0.15, 0.2) is 36.0 Å². The molecule has 4 rings (SSSR count). The van der Waals surface area contributed by atoms with Crippen molar-refractivity contribution in [3.8, 4) is 0 Å². The number of nitrogens with zero attached hydrogens (tertiary/aromatic N) is 3. The first-order valence-corrected chi connectivity index (χ1v) is 9.52. The molecule has 1 fully saturated rings. The van der Waals surface area contributed by atoms with Gasteiger partial charge in [0.05, 0.1) is 10.9 Å². The van der Waals surface area contributed by atoms with Crippen molar-refractivity contribution in [1.29, 1.82) is 0 Å². The molecule has 0 aliphatic carbocycles. The van der Waals surface area contributed by atoms with E-state index in [1.165, 1.54) is 12.4 Å². The summed E-state index contributed by atoms with van der Waals surface area (Å²) >= 11 is 1.55. The number of aromatic nitrogens is 2. The Labute approximate surface area is 159 Å². The number of nitrogens with one attached hydrogen (secondary N) is 1. The molecule has 1 aliphatic rings. The summed E-state index contributed by atoms with van der Waals surface area (Å²) in [6.45, 7) is 2.48. The number of carboxylic acid groups (broad SMARTS) is 1. The Morgan fingerprint density at radius 2 is 2.15 bits per heavy atom. The van der Waals surface area contributed by atoms with Crippen LogP contribution in [0.2, 0.25) is 0 Å². The Hall–Kier alpha value is -3.00. The molecule has 27 heavy (non-hydrogen) atoms. The fraction of sp³-hybridized carbons (Fsp3) is 0.263. The largest absolute Gasteiger partial charge is 0.478 e. The summed E-state index contributed by atoms with van der Waals surface area (Å²) in [5.74, 6) is -0.302. The molecule has 3 aromatic rings. The highest BCUT2D eigenvalue weighted by Crippen LogP contribution is 2.32. The SMILES string of the molecule is Cc1cc(NC(=O)C2CCCN2c2ncnc3sccc23)ccc1C(=O)O. The van der Waals surface area contributed by atoms with Crippen LogP contribution in [0.25, 0.3) is 10.2 Å². The summed E-state index contributed by atoms with van der Waals surface area (Å²) in [6, 6.07) is 6.48. The molecular weight excluding hydrogens is 364 g/mol. The molecule has 2 aromatic heterocycles. The number of fused-ring (bicyclic) bond motifs is 1. The van der Waals surface area contributed by atoms with Crippen molar-refractivity contribution in [1.82, 2.24) is 9.97 Å². The molecule has 0 bridgehead atoms. The quantitative estimate of drug-likeness (QED) is 0.719. The standard InChI is InChI=1S/C19H18N4O3S/c1-11-9-12(4-5-13(11)19(25)26)22-17(24)15-3-2-7-23(15)16-14-6-8-27-18(14)21-10-20-16/h4-6,8-10,15H,2-3,7H2,1H3,(H,22,24)(H,25,26). The number of carbonyl (C=O) groups is 2. The molecule has 0 spiro atoms. The number of benzene rings is 1. The average molecular weight is 382 g/mol. The third-order valence-corrected chi connectivity index (χ3v) is 5.61. The Kier molecular flexibility index (Phi) is 4.49. The molecule has 1 saturated heterocycles. The summed E-state index contributed by atoms with van der Waals surface area (Å²) in [4.78, 5) is 35.7. The monoisotopic (exact) mass is 382 g/mol. The zero-order chi connectivity index (χ0) is 19.0. The minimum atomic E-state index is -0.976. The minimum Gasteiger partial charge on any atom is -0.478 e. The lowest BCUT2D eigenvalue weighted by molar-refractivity contribution is -0.117. The van der Waals surface area contributed by atoms with E-state index in [1.54, 1.807) is 30.4 Å². The number of hydrogen-bond acceptors (Lipinski definition) is 6. The highest BCUT2D eigenvalue weighted by atomic mass is 32.1. The molecule has 7 nitrogen and oxygen atoms in total. The number of anilines is 2. The summed E-state index contributed by atoms with van der Waals surface area (Å²) in [6.07, 6.45) is 3.19. The van der Waals surface area contributed by atoms with Crippen molar-refractivity contribution in [2.24, 2.45) is 0 Å². The van der Waals surface area contributed by atoms with Gasteiger partial charge in [-0.15, -0.1) is 11.3 Å². The molecule has 8 heteroatoms. The van der Waals surface area contributed by atoms with Crippen molar-refractivity contribution < 1.29 is 14.7 Å². The first kappa shape index (κ1) is 17.4. The van der Waals surface area contributed by atoms with Crippen molar-refractivity contribution in [3.63, 3.8) is 0 Å². The third kappa shape index (κ3) is 3.23. The van der Waals surface area contributed by atoms with Gasteiger partial charge in [0.15, 0.2) is 0 Å². The van der Waals surface area contributed by atoms with Crippen molar-refractivity contribution in [3.05, 3.63) is 47.1 Å². The lowest BCUT2D eigenvalue weighted by atomic mass is 10.1. The van der Waals surface area contributed by atoms with Gasteiger partial charge in [0, 0.05) is 12.2 Å². The smallest absolute Gasteiger partial charge is 0.335 e. The Balaban J connectivity index is 1.57. The van der Waals surface area contributed by atoms with Crippen LogP contribution in [-0.2, 0) is 4.79 Å². The number of hydrogen-bond donors (Lipinski definition) is 2. The lowest BCUT2D eigenvalue weighted by Crippen LogP contribution is -2.40. The third-order valence-electron chi connectivity index (χ3n) is 4.79. The Morgan fingerprint density at radius 3 is 2.93 bits per heavy atom. The number of thiophene rings is 1. The van der Waals surface area contributed by atoms with Gasteiger partial charge in [-0.3, -0.25) is 4.79 Å². The molecule has 1 unspecified atom stereocenters. The maximum absolute atomic E-state index is 12.9. The summed E-state index contributed by atoms with van der Waals surface area (Å²) in [5.41, 5.74) is 1.44. The highest BCUT2D eigenvalue weighted by molar-refractivity contribution is 7.16. The van der Waals surface area contributed by atoms with Crippen LogP contribution in [0, 0.1) is 6.92 Å². The van der Waals surface area contributed by atoms with Gasteiger partial charge in [-0.1, -0.05) is 0 Å². The van der Waals surface area contributed by atoms with Crippen LogP contribution in [0.4, 0.5) is 11.5 Å². The average Bonchev–Trinajstić information content (AvgIpc) is 3.30. The Bertz CT molecular complexity index is 1030. The molecule has 138 valence electrons. The number of aromatic carboxylic acids is 1. The number of aryl methyl sites for hydroxylation is 1. The fourth-order valence-electron chi connectivity index (χ4n) is 3.51. The number of carboxylic acids is 1. The van der Waals surface area contributed by atoms with Gasteiger partial charge in [0.2, 0.25) is 5.91 Å². The van der Waals surface area contributed by atoms with Gasteiger partial charge in [-0.25, -0.2) is 14.8 Å². The topological polar surface area (TPSA) is 95.4 Å². The lowest BCUT2D eigenvalue weighted by Gasteiger charge is -2.25. The van der Waals surface area contributed by atoms with E-state index >= 15 is 0 Å². The van der Waals surface area contributed by atoms with Gasteiger partial charge >= 0.3 is 5.97 Å². The molecule has 0 saturated carbocycles. The van der Waals surface area contributed by atoms with Gasteiger partial charge in [-0.2, -0.15) is 0 Å². The number of rotatable bonds is 4. The van der Waals surface area contributed by atoms with Gasteiger partial charge in [0.25, 0.3) is 0 Å². The zero-order valence-corrected chi connectivity index (χ0v) is 15.5. The summed E-state index contributed by atoms with van der Waals surface area (Å²) in [5, 5.41) is 15.0. The number of carbonyl (C=O) groups excluding carboxylic acids is 1. The molecule has 1 aliphatic heterocycles. The minimum absolute atomic E-state index is 0.114. The first-order valence-electron chi connectivity index (χ1n) is 8.64. The van der Waals surface area contributed by atoms with E-state index in [0.29, 0.717) is 11.3 Å².